The van der Waals surface area contributed by atoms with Gasteiger partial charge in [-0.3, -0.25) is 9.59 Å². The summed E-state index contributed by atoms with van der Waals surface area (Å²) in [7, 11) is 0. The van der Waals surface area contributed by atoms with Gasteiger partial charge >= 0.3 is 0 Å². The Morgan fingerprint density at radius 1 is 1.30 bits per heavy atom. The third kappa shape index (κ3) is 3.49. The Hall–Kier alpha value is -2.96. The van der Waals surface area contributed by atoms with Gasteiger partial charge in [0.2, 0.25) is 5.91 Å². The van der Waals surface area contributed by atoms with Gasteiger partial charge in [-0.15, -0.1) is 0 Å². The Morgan fingerprint density at radius 3 is 2.93 bits per heavy atom. The van der Waals surface area contributed by atoms with Gasteiger partial charge in [0.15, 0.2) is 0 Å². The number of hydrogen-bond acceptors (Lipinski definition) is 4. The molecule has 1 aliphatic rings. The van der Waals surface area contributed by atoms with Crippen LogP contribution in [0, 0.1) is 13.8 Å². The summed E-state index contributed by atoms with van der Waals surface area (Å²) >= 11 is 0. The Balaban J connectivity index is 1.50. The summed E-state index contributed by atoms with van der Waals surface area (Å²) in [6.45, 7) is 5.11. The van der Waals surface area contributed by atoms with Gasteiger partial charge < -0.3 is 14.9 Å². The zero-order valence-corrected chi connectivity index (χ0v) is 15.6. The van der Waals surface area contributed by atoms with Gasteiger partial charge in [-0.05, 0) is 38.3 Å². The minimum absolute atomic E-state index is 0.0388. The molecule has 27 heavy (non-hydrogen) atoms. The predicted octanol–water partition coefficient (Wildman–Crippen LogP) is 2.21. The van der Waals surface area contributed by atoms with Crippen LogP contribution in [0.15, 0.2) is 29.2 Å². The molecule has 3 aromatic rings. The number of hydrogen-bond donors (Lipinski definition) is 2. The van der Waals surface area contributed by atoms with E-state index in [0.29, 0.717) is 24.5 Å². The van der Waals surface area contributed by atoms with Crippen molar-refractivity contribution in [1.29, 1.82) is 0 Å². The molecule has 0 radical (unpaired) electrons. The van der Waals surface area contributed by atoms with Gasteiger partial charge in [-0.1, -0.05) is 12.1 Å². The number of H-pyrrole nitrogens is 2. The Labute approximate surface area is 156 Å². The van der Waals surface area contributed by atoms with Crippen molar-refractivity contribution >= 4 is 16.9 Å². The van der Waals surface area contributed by atoms with E-state index in [9.17, 15) is 9.59 Å². The van der Waals surface area contributed by atoms with Crippen molar-refractivity contribution in [2.45, 2.75) is 39.0 Å². The highest BCUT2D eigenvalue weighted by molar-refractivity contribution is 5.79. The van der Waals surface area contributed by atoms with E-state index in [1.165, 1.54) is 6.20 Å². The molecule has 0 aliphatic carbocycles. The highest BCUT2D eigenvalue weighted by Gasteiger charge is 2.27. The maximum absolute atomic E-state index is 12.7. The van der Waals surface area contributed by atoms with Crippen molar-refractivity contribution in [1.82, 2.24) is 24.8 Å². The van der Waals surface area contributed by atoms with E-state index in [-0.39, 0.29) is 23.8 Å². The first-order valence-electron chi connectivity index (χ1n) is 9.29. The van der Waals surface area contributed by atoms with Crippen molar-refractivity contribution in [3.63, 3.8) is 0 Å². The van der Waals surface area contributed by atoms with E-state index in [0.717, 1.165) is 35.3 Å². The molecule has 1 aliphatic heterocycles. The Kier molecular flexibility index (Phi) is 4.51. The fourth-order valence-corrected chi connectivity index (χ4v) is 3.73. The molecule has 7 nitrogen and oxygen atoms in total. The molecule has 1 atom stereocenters. The van der Waals surface area contributed by atoms with E-state index in [2.05, 4.69) is 27.9 Å². The van der Waals surface area contributed by atoms with E-state index >= 15 is 0 Å². The van der Waals surface area contributed by atoms with Crippen LogP contribution in [0.3, 0.4) is 0 Å². The molecular weight excluding hydrogens is 342 g/mol. The minimum Gasteiger partial charge on any atom is -0.342 e. The van der Waals surface area contributed by atoms with Gasteiger partial charge in [0, 0.05) is 30.8 Å². The largest absolute Gasteiger partial charge is 0.342 e. The normalized spacial score (nSPS) is 17.4. The third-order valence-electron chi connectivity index (χ3n) is 5.24. The van der Waals surface area contributed by atoms with Crippen molar-refractivity contribution in [3.05, 3.63) is 57.5 Å². The van der Waals surface area contributed by atoms with Gasteiger partial charge in [-0.25, -0.2) is 9.97 Å². The number of para-hydroxylation sites is 1. The number of aryl methyl sites for hydroxylation is 2. The molecule has 1 amide bonds. The standard InChI is InChI=1S/C20H23N5O2/c1-12-5-3-7-16-18(12)24-19(23-16)14-6-4-8-25(11-14)17(26)9-15-10-21-13(2)22-20(15)27/h3,5,7,10,14H,4,6,8-9,11H2,1-2H3,(H,23,24)(H,21,22,27)/t14-/m0/s1. The summed E-state index contributed by atoms with van der Waals surface area (Å²) in [5.41, 5.74) is 3.34. The summed E-state index contributed by atoms with van der Waals surface area (Å²) < 4.78 is 0. The fraction of sp³-hybridized carbons (Fsp3) is 0.400. The quantitative estimate of drug-likeness (QED) is 0.744. The number of amides is 1. The van der Waals surface area contributed by atoms with Crippen LogP contribution in [0.2, 0.25) is 0 Å². The topological polar surface area (TPSA) is 94.7 Å². The Bertz CT molecular complexity index is 1050. The molecular formula is C20H23N5O2. The lowest BCUT2D eigenvalue weighted by Gasteiger charge is -2.32. The second-order valence-electron chi connectivity index (χ2n) is 7.27. The predicted molar refractivity (Wildman–Crippen MR) is 103 cm³/mol. The average molecular weight is 365 g/mol. The van der Waals surface area contributed by atoms with Crippen LogP contribution in [0.1, 0.15) is 41.5 Å². The van der Waals surface area contributed by atoms with Crippen LogP contribution in [0.25, 0.3) is 11.0 Å². The monoisotopic (exact) mass is 365 g/mol. The molecule has 0 bridgehead atoms. The number of fused-ring (bicyclic) bond motifs is 1. The maximum atomic E-state index is 12.7. The number of carbonyl (C=O) groups excluding carboxylic acids is 1. The highest BCUT2D eigenvalue weighted by atomic mass is 16.2. The van der Waals surface area contributed by atoms with Gasteiger partial charge in [0.05, 0.1) is 17.5 Å². The smallest absolute Gasteiger partial charge is 0.254 e. The third-order valence-corrected chi connectivity index (χ3v) is 5.24. The van der Waals surface area contributed by atoms with Gasteiger partial charge in [-0.2, -0.15) is 0 Å². The number of carbonyl (C=O) groups is 1. The molecule has 1 aromatic carbocycles. The zero-order chi connectivity index (χ0) is 19.0. The first-order valence-corrected chi connectivity index (χ1v) is 9.29. The molecule has 4 rings (SSSR count). The number of rotatable bonds is 3. The molecule has 140 valence electrons. The first kappa shape index (κ1) is 17.5. The number of piperidine rings is 1. The van der Waals surface area contributed by atoms with E-state index < -0.39 is 0 Å². The molecule has 3 heterocycles. The highest BCUT2D eigenvalue weighted by Crippen LogP contribution is 2.27. The summed E-state index contributed by atoms with van der Waals surface area (Å²) in [5, 5.41) is 0. The molecule has 2 aromatic heterocycles. The maximum Gasteiger partial charge on any atom is 0.254 e. The molecule has 7 heteroatoms. The molecule has 1 saturated heterocycles. The van der Waals surface area contributed by atoms with Crippen LogP contribution in [-0.2, 0) is 11.2 Å². The van der Waals surface area contributed by atoms with Crippen LogP contribution in [0.5, 0.6) is 0 Å². The van der Waals surface area contributed by atoms with Crippen molar-refractivity contribution in [2.24, 2.45) is 0 Å². The van der Waals surface area contributed by atoms with Crippen molar-refractivity contribution in [2.75, 3.05) is 13.1 Å². The number of aromatic amines is 2. The van der Waals surface area contributed by atoms with Gasteiger partial charge in [0.1, 0.15) is 11.6 Å². The lowest BCUT2D eigenvalue weighted by molar-refractivity contribution is -0.131. The lowest BCUT2D eigenvalue weighted by Crippen LogP contribution is -2.40. The number of likely N-dealkylation sites (tertiary alicyclic amines) is 1. The number of nitrogens with zero attached hydrogens (tertiary/aromatic N) is 3. The SMILES string of the molecule is Cc1ncc(CC(=O)N2CCC[C@H](c3nc4c(C)cccc4[nH]3)C2)c(=O)[nH]1. The molecule has 0 unspecified atom stereocenters. The molecule has 2 N–H and O–H groups in total. The van der Waals surface area contributed by atoms with Gasteiger partial charge in [0.25, 0.3) is 5.56 Å². The van der Waals surface area contributed by atoms with Crippen molar-refractivity contribution in [3.8, 4) is 0 Å². The second kappa shape index (κ2) is 6.98. The molecule has 0 spiro atoms. The molecule has 0 saturated carbocycles. The number of aromatic nitrogens is 4. The van der Waals surface area contributed by atoms with Crippen molar-refractivity contribution < 1.29 is 4.79 Å². The number of benzene rings is 1. The minimum atomic E-state index is -0.239. The average Bonchev–Trinajstić information content (AvgIpc) is 3.10. The van der Waals surface area contributed by atoms with Crippen LogP contribution in [0.4, 0.5) is 0 Å². The van der Waals surface area contributed by atoms with Crippen LogP contribution in [-0.4, -0.2) is 43.8 Å². The number of imidazole rings is 1. The summed E-state index contributed by atoms with van der Waals surface area (Å²) in [5.74, 6) is 1.63. The molecule has 1 fully saturated rings. The van der Waals surface area contributed by atoms with Crippen LogP contribution >= 0.6 is 0 Å². The van der Waals surface area contributed by atoms with E-state index in [4.69, 9.17) is 4.98 Å². The fourth-order valence-electron chi connectivity index (χ4n) is 3.73. The van der Waals surface area contributed by atoms with E-state index in [1.54, 1.807) is 6.92 Å². The summed E-state index contributed by atoms with van der Waals surface area (Å²) in [4.78, 5) is 41.5. The lowest BCUT2D eigenvalue weighted by atomic mass is 9.97. The number of nitrogens with one attached hydrogen (secondary N) is 2. The summed E-state index contributed by atoms with van der Waals surface area (Å²) in [6, 6.07) is 6.10. The Morgan fingerprint density at radius 2 is 2.15 bits per heavy atom. The zero-order valence-electron chi connectivity index (χ0n) is 15.6. The second-order valence-corrected chi connectivity index (χ2v) is 7.27. The van der Waals surface area contributed by atoms with E-state index in [1.807, 2.05) is 17.0 Å². The summed E-state index contributed by atoms with van der Waals surface area (Å²) in [6.07, 6.45) is 3.49. The van der Waals surface area contributed by atoms with Crippen LogP contribution < -0.4 is 5.56 Å². The first-order chi connectivity index (χ1) is 13.0.